The van der Waals surface area contributed by atoms with Crippen LogP contribution in [0.4, 0.5) is 0 Å². The third-order valence-corrected chi connectivity index (χ3v) is 3.54. The van der Waals surface area contributed by atoms with Gasteiger partial charge in [0.25, 0.3) is 0 Å². The molecule has 0 amide bonds. The molecule has 3 rings (SSSR count). The van der Waals surface area contributed by atoms with Crippen molar-refractivity contribution >= 4 is 10.9 Å². The van der Waals surface area contributed by atoms with E-state index < -0.39 is 0 Å². The Kier molecular flexibility index (Phi) is 3.34. The highest BCUT2D eigenvalue weighted by molar-refractivity contribution is 5.80. The summed E-state index contributed by atoms with van der Waals surface area (Å²) in [5.41, 5.74) is 3.48. The second-order valence-corrected chi connectivity index (χ2v) is 4.88. The quantitative estimate of drug-likeness (QED) is 0.731. The number of nitrogens with one attached hydrogen (secondary N) is 1. The number of H-pyrrole nitrogens is 1. The molecule has 0 bridgehead atoms. The zero-order valence-electron chi connectivity index (χ0n) is 10.7. The summed E-state index contributed by atoms with van der Waals surface area (Å²) in [5.74, 6) is 0.120. The van der Waals surface area contributed by atoms with Crippen molar-refractivity contribution in [1.82, 2.24) is 4.98 Å². The average Bonchev–Trinajstić information content (AvgIpc) is 2.89. The fraction of sp³-hybridized carbons (Fsp3) is 0.176. The molecule has 3 aromatic rings. The maximum absolute atomic E-state index is 9.65. The molecule has 1 aromatic heterocycles. The summed E-state index contributed by atoms with van der Waals surface area (Å²) in [6.07, 6.45) is 0.851. The Bertz CT molecular complexity index is 624. The highest BCUT2D eigenvalue weighted by Crippen LogP contribution is 2.24. The molecule has 0 radical (unpaired) electrons. The number of aliphatic hydroxyl groups is 1. The summed E-state index contributed by atoms with van der Waals surface area (Å²) in [5, 5.41) is 10.8. The Morgan fingerprint density at radius 2 is 1.68 bits per heavy atom. The number of hydrogen-bond acceptors (Lipinski definition) is 1. The summed E-state index contributed by atoms with van der Waals surface area (Å²) < 4.78 is 0. The molecule has 0 spiro atoms. The van der Waals surface area contributed by atoms with Crippen molar-refractivity contribution in [2.24, 2.45) is 0 Å². The topological polar surface area (TPSA) is 36.0 Å². The molecule has 2 heteroatoms. The van der Waals surface area contributed by atoms with E-state index >= 15 is 0 Å². The number of rotatable bonds is 4. The lowest BCUT2D eigenvalue weighted by atomic mass is 9.97. The van der Waals surface area contributed by atoms with Gasteiger partial charge in [-0.15, -0.1) is 0 Å². The molecule has 96 valence electrons. The maximum atomic E-state index is 9.65. The third kappa shape index (κ3) is 2.54. The highest BCUT2D eigenvalue weighted by Gasteiger charge is 2.13. The zero-order chi connectivity index (χ0) is 13.1. The van der Waals surface area contributed by atoms with Crippen molar-refractivity contribution in [3.8, 4) is 0 Å². The van der Waals surface area contributed by atoms with Gasteiger partial charge in [0.2, 0.25) is 0 Å². The average molecular weight is 251 g/mol. The monoisotopic (exact) mass is 251 g/mol. The van der Waals surface area contributed by atoms with Gasteiger partial charge in [-0.25, -0.2) is 0 Å². The Hall–Kier alpha value is -2.06. The van der Waals surface area contributed by atoms with Gasteiger partial charge in [0.1, 0.15) is 0 Å². The molecule has 0 aliphatic rings. The number of aromatic nitrogens is 1. The molecule has 1 atom stereocenters. The van der Waals surface area contributed by atoms with Crippen LogP contribution in [0.2, 0.25) is 0 Å². The molecular weight excluding hydrogens is 234 g/mol. The molecule has 2 aromatic carbocycles. The normalized spacial score (nSPS) is 12.7. The molecule has 2 nitrogen and oxygen atoms in total. The molecule has 0 saturated heterocycles. The highest BCUT2D eigenvalue weighted by atomic mass is 16.3. The molecule has 0 aliphatic heterocycles. The number of benzene rings is 2. The van der Waals surface area contributed by atoms with Crippen molar-refractivity contribution in [3.05, 3.63) is 71.9 Å². The van der Waals surface area contributed by atoms with Gasteiger partial charge in [-0.1, -0.05) is 48.5 Å². The lowest BCUT2D eigenvalue weighted by Crippen LogP contribution is -2.08. The predicted octanol–water partition coefficient (Wildman–Crippen LogP) is 3.49. The number of hydrogen-bond donors (Lipinski definition) is 2. The van der Waals surface area contributed by atoms with Crippen molar-refractivity contribution in [2.45, 2.75) is 12.3 Å². The number of aliphatic hydroxyl groups excluding tert-OH is 1. The summed E-state index contributed by atoms with van der Waals surface area (Å²) >= 11 is 0. The van der Waals surface area contributed by atoms with Crippen LogP contribution in [0.5, 0.6) is 0 Å². The minimum Gasteiger partial charge on any atom is -0.396 e. The van der Waals surface area contributed by atoms with Gasteiger partial charge < -0.3 is 10.1 Å². The maximum Gasteiger partial charge on any atom is 0.0517 e. The van der Waals surface area contributed by atoms with E-state index in [0.29, 0.717) is 0 Å². The number of aromatic amines is 1. The summed E-state index contributed by atoms with van der Waals surface area (Å²) in [6, 6.07) is 20.6. The first-order valence-corrected chi connectivity index (χ1v) is 6.59. The molecule has 2 N–H and O–H groups in total. The Labute approximate surface area is 112 Å². The lowest BCUT2D eigenvalue weighted by molar-refractivity contribution is 0.262. The fourth-order valence-corrected chi connectivity index (χ4v) is 2.49. The van der Waals surface area contributed by atoms with E-state index in [1.54, 1.807) is 0 Å². The van der Waals surface area contributed by atoms with Gasteiger partial charge in [0.15, 0.2) is 0 Å². The lowest BCUT2D eigenvalue weighted by Gasteiger charge is -2.12. The summed E-state index contributed by atoms with van der Waals surface area (Å²) in [7, 11) is 0. The third-order valence-electron chi connectivity index (χ3n) is 3.54. The second kappa shape index (κ2) is 5.29. The van der Waals surface area contributed by atoms with E-state index in [2.05, 4.69) is 35.3 Å². The standard InChI is InChI=1S/C17H17NO/c19-12-15(10-13-6-2-1-3-7-13)17-11-14-8-4-5-9-16(14)18-17/h1-9,11,15,18-19H,10,12H2. The fourth-order valence-electron chi connectivity index (χ4n) is 2.49. The van der Waals surface area contributed by atoms with Crippen LogP contribution in [-0.2, 0) is 6.42 Å². The van der Waals surface area contributed by atoms with Crippen LogP contribution >= 0.6 is 0 Å². The van der Waals surface area contributed by atoms with E-state index in [9.17, 15) is 5.11 Å². The predicted molar refractivity (Wildman–Crippen MR) is 78.3 cm³/mol. The van der Waals surface area contributed by atoms with Crippen molar-refractivity contribution in [2.75, 3.05) is 6.61 Å². The van der Waals surface area contributed by atoms with E-state index in [4.69, 9.17) is 0 Å². The van der Waals surface area contributed by atoms with E-state index in [1.807, 2.05) is 30.3 Å². The smallest absolute Gasteiger partial charge is 0.0517 e. The Morgan fingerprint density at radius 3 is 2.42 bits per heavy atom. The van der Waals surface area contributed by atoms with Gasteiger partial charge >= 0.3 is 0 Å². The number of fused-ring (bicyclic) bond motifs is 1. The molecule has 0 aliphatic carbocycles. The Balaban J connectivity index is 1.89. The second-order valence-electron chi connectivity index (χ2n) is 4.88. The van der Waals surface area contributed by atoms with Crippen LogP contribution in [0, 0.1) is 0 Å². The van der Waals surface area contributed by atoms with Gasteiger partial charge in [0.05, 0.1) is 6.61 Å². The van der Waals surface area contributed by atoms with Crippen LogP contribution < -0.4 is 0 Å². The van der Waals surface area contributed by atoms with Crippen LogP contribution in [0.15, 0.2) is 60.7 Å². The minimum atomic E-state index is 0.120. The summed E-state index contributed by atoms with van der Waals surface area (Å²) in [6.45, 7) is 0.154. The minimum absolute atomic E-state index is 0.120. The summed E-state index contributed by atoms with van der Waals surface area (Å²) in [4.78, 5) is 3.41. The molecule has 1 unspecified atom stereocenters. The van der Waals surface area contributed by atoms with Crippen LogP contribution in [0.1, 0.15) is 17.2 Å². The zero-order valence-corrected chi connectivity index (χ0v) is 10.7. The SMILES string of the molecule is OCC(Cc1ccccc1)c1cc2ccccc2[nH]1. The molecule has 1 heterocycles. The molecule has 0 fully saturated rings. The first-order chi connectivity index (χ1) is 9.36. The molecule has 19 heavy (non-hydrogen) atoms. The van der Waals surface area contributed by atoms with Crippen LogP contribution in [0.25, 0.3) is 10.9 Å². The van der Waals surface area contributed by atoms with Crippen molar-refractivity contribution in [1.29, 1.82) is 0 Å². The van der Waals surface area contributed by atoms with E-state index in [0.717, 1.165) is 17.6 Å². The molecule has 0 saturated carbocycles. The van der Waals surface area contributed by atoms with E-state index in [-0.39, 0.29) is 12.5 Å². The van der Waals surface area contributed by atoms with Crippen LogP contribution in [-0.4, -0.2) is 16.7 Å². The van der Waals surface area contributed by atoms with E-state index in [1.165, 1.54) is 10.9 Å². The molecular formula is C17H17NO. The van der Waals surface area contributed by atoms with Gasteiger partial charge in [-0.2, -0.15) is 0 Å². The number of para-hydroxylation sites is 1. The van der Waals surface area contributed by atoms with Gasteiger partial charge in [-0.05, 0) is 29.5 Å². The van der Waals surface area contributed by atoms with Crippen molar-refractivity contribution in [3.63, 3.8) is 0 Å². The first-order valence-electron chi connectivity index (χ1n) is 6.59. The first kappa shape index (κ1) is 12.0. The van der Waals surface area contributed by atoms with Crippen molar-refractivity contribution < 1.29 is 5.11 Å². The Morgan fingerprint density at radius 1 is 0.947 bits per heavy atom. The van der Waals surface area contributed by atoms with Gasteiger partial charge in [-0.3, -0.25) is 0 Å². The largest absolute Gasteiger partial charge is 0.396 e. The van der Waals surface area contributed by atoms with Crippen LogP contribution in [0.3, 0.4) is 0 Å². The van der Waals surface area contributed by atoms with Gasteiger partial charge in [0, 0.05) is 17.1 Å².